The number of oxazole rings is 1. The van der Waals surface area contributed by atoms with Gasteiger partial charge in [-0.2, -0.15) is 0 Å². The highest BCUT2D eigenvalue weighted by Gasteiger charge is 2.12. The van der Waals surface area contributed by atoms with Gasteiger partial charge in [0.1, 0.15) is 5.82 Å². The SMILES string of the molecule is Cc1cccc(-c2cnc(CCNC(C)C)o2)c1F. The van der Waals surface area contributed by atoms with Gasteiger partial charge in [0.2, 0.25) is 0 Å². The quantitative estimate of drug-likeness (QED) is 0.898. The monoisotopic (exact) mass is 262 g/mol. The molecule has 0 fully saturated rings. The van der Waals surface area contributed by atoms with Gasteiger partial charge in [-0.1, -0.05) is 26.0 Å². The fourth-order valence-corrected chi connectivity index (χ4v) is 1.86. The van der Waals surface area contributed by atoms with Gasteiger partial charge < -0.3 is 9.73 Å². The molecule has 3 nitrogen and oxygen atoms in total. The number of hydrogen-bond donors (Lipinski definition) is 1. The van der Waals surface area contributed by atoms with Crippen molar-refractivity contribution in [3.05, 3.63) is 41.7 Å². The summed E-state index contributed by atoms with van der Waals surface area (Å²) in [4.78, 5) is 4.19. The summed E-state index contributed by atoms with van der Waals surface area (Å²) < 4.78 is 19.6. The van der Waals surface area contributed by atoms with Crippen LogP contribution in [0.1, 0.15) is 25.3 Å². The lowest BCUT2D eigenvalue weighted by Gasteiger charge is -2.05. The van der Waals surface area contributed by atoms with E-state index in [-0.39, 0.29) is 5.82 Å². The molecular weight excluding hydrogens is 243 g/mol. The molecule has 1 N–H and O–H groups in total. The number of nitrogens with one attached hydrogen (secondary N) is 1. The van der Waals surface area contributed by atoms with E-state index in [0.717, 1.165) is 6.54 Å². The van der Waals surface area contributed by atoms with Gasteiger partial charge in [0.15, 0.2) is 11.7 Å². The van der Waals surface area contributed by atoms with Gasteiger partial charge in [0.25, 0.3) is 0 Å². The third-order valence-electron chi connectivity index (χ3n) is 2.90. The molecule has 0 spiro atoms. The number of halogens is 1. The second-order valence-corrected chi connectivity index (χ2v) is 4.91. The first kappa shape index (κ1) is 13.7. The molecule has 0 radical (unpaired) electrons. The van der Waals surface area contributed by atoms with Crippen LogP contribution in [0.25, 0.3) is 11.3 Å². The van der Waals surface area contributed by atoms with Crippen molar-refractivity contribution in [1.82, 2.24) is 10.3 Å². The lowest BCUT2D eigenvalue weighted by atomic mass is 10.1. The maximum Gasteiger partial charge on any atom is 0.196 e. The second-order valence-electron chi connectivity index (χ2n) is 4.91. The summed E-state index contributed by atoms with van der Waals surface area (Å²) in [6.45, 7) is 6.71. The average molecular weight is 262 g/mol. The third kappa shape index (κ3) is 3.41. The van der Waals surface area contributed by atoms with Crippen LogP contribution in [0.3, 0.4) is 0 Å². The van der Waals surface area contributed by atoms with Crippen LogP contribution in [-0.4, -0.2) is 17.6 Å². The summed E-state index contributed by atoms with van der Waals surface area (Å²) in [6, 6.07) is 5.70. The van der Waals surface area contributed by atoms with Gasteiger partial charge in [-0.3, -0.25) is 0 Å². The minimum Gasteiger partial charge on any atom is -0.441 e. The Hall–Kier alpha value is -1.68. The van der Waals surface area contributed by atoms with E-state index in [9.17, 15) is 4.39 Å². The molecule has 0 saturated carbocycles. The fourth-order valence-electron chi connectivity index (χ4n) is 1.86. The van der Waals surface area contributed by atoms with Crippen LogP contribution >= 0.6 is 0 Å². The minimum atomic E-state index is -0.245. The molecule has 1 aromatic carbocycles. The van der Waals surface area contributed by atoms with Crippen molar-refractivity contribution >= 4 is 0 Å². The number of benzene rings is 1. The van der Waals surface area contributed by atoms with Gasteiger partial charge in [-0.05, 0) is 18.6 Å². The van der Waals surface area contributed by atoms with Crippen LogP contribution in [0.15, 0.2) is 28.8 Å². The van der Waals surface area contributed by atoms with Crippen LogP contribution in [-0.2, 0) is 6.42 Å². The van der Waals surface area contributed by atoms with E-state index in [4.69, 9.17) is 4.42 Å². The molecule has 0 bridgehead atoms. The smallest absolute Gasteiger partial charge is 0.196 e. The molecule has 2 aromatic rings. The Kier molecular flexibility index (Phi) is 4.32. The molecule has 19 heavy (non-hydrogen) atoms. The number of rotatable bonds is 5. The van der Waals surface area contributed by atoms with E-state index in [2.05, 4.69) is 24.1 Å². The largest absolute Gasteiger partial charge is 0.441 e. The van der Waals surface area contributed by atoms with Crippen molar-refractivity contribution in [3.63, 3.8) is 0 Å². The second kappa shape index (κ2) is 5.97. The van der Waals surface area contributed by atoms with Crippen LogP contribution < -0.4 is 5.32 Å². The Labute approximate surface area is 112 Å². The van der Waals surface area contributed by atoms with Crippen LogP contribution in [0, 0.1) is 12.7 Å². The van der Waals surface area contributed by atoms with E-state index in [1.807, 2.05) is 6.07 Å². The van der Waals surface area contributed by atoms with Crippen LogP contribution in [0.2, 0.25) is 0 Å². The standard InChI is InChI=1S/C15H19FN2O/c1-10(2)17-8-7-14-18-9-13(19-14)12-6-4-5-11(3)15(12)16/h4-6,9-10,17H,7-8H2,1-3H3. The Balaban J connectivity index is 2.10. The Morgan fingerprint density at radius 2 is 2.16 bits per heavy atom. The maximum absolute atomic E-state index is 14.0. The van der Waals surface area contributed by atoms with Gasteiger partial charge >= 0.3 is 0 Å². The fraction of sp³-hybridized carbons (Fsp3) is 0.400. The molecule has 2 rings (SSSR count). The first-order valence-corrected chi connectivity index (χ1v) is 6.51. The first-order chi connectivity index (χ1) is 9.08. The predicted molar refractivity (Wildman–Crippen MR) is 73.5 cm³/mol. The average Bonchev–Trinajstić information content (AvgIpc) is 2.81. The van der Waals surface area contributed by atoms with Gasteiger partial charge in [-0.25, -0.2) is 9.37 Å². The molecule has 1 aromatic heterocycles. The normalized spacial score (nSPS) is 11.2. The van der Waals surface area contributed by atoms with Crippen molar-refractivity contribution in [2.45, 2.75) is 33.2 Å². The number of nitrogens with zero attached hydrogens (tertiary/aromatic N) is 1. The molecule has 0 atom stereocenters. The minimum absolute atomic E-state index is 0.245. The maximum atomic E-state index is 14.0. The van der Waals surface area contributed by atoms with E-state index < -0.39 is 0 Å². The van der Waals surface area contributed by atoms with E-state index >= 15 is 0 Å². The van der Waals surface area contributed by atoms with Gasteiger partial charge in [0, 0.05) is 19.0 Å². The molecule has 0 aliphatic heterocycles. The predicted octanol–water partition coefficient (Wildman–Crippen LogP) is 3.33. The Morgan fingerprint density at radius 3 is 2.89 bits per heavy atom. The summed E-state index contributed by atoms with van der Waals surface area (Å²) >= 11 is 0. The lowest BCUT2D eigenvalue weighted by molar-refractivity contribution is 0.482. The summed E-state index contributed by atoms with van der Waals surface area (Å²) in [7, 11) is 0. The van der Waals surface area contributed by atoms with E-state index in [1.165, 1.54) is 0 Å². The van der Waals surface area contributed by atoms with Crippen LogP contribution in [0.5, 0.6) is 0 Å². The molecule has 0 unspecified atom stereocenters. The summed E-state index contributed by atoms with van der Waals surface area (Å²) in [6.07, 6.45) is 2.29. The molecule has 0 saturated heterocycles. The van der Waals surface area contributed by atoms with Crippen molar-refractivity contribution in [1.29, 1.82) is 0 Å². The highest BCUT2D eigenvalue weighted by Crippen LogP contribution is 2.25. The topological polar surface area (TPSA) is 38.1 Å². The molecule has 0 aliphatic rings. The third-order valence-corrected chi connectivity index (χ3v) is 2.90. The van der Waals surface area contributed by atoms with Crippen molar-refractivity contribution in [3.8, 4) is 11.3 Å². The number of hydrogen-bond acceptors (Lipinski definition) is 3. The van der Waals surface area contributed by atoms with Crippen molar-refractivity contribution < 1.29 is 8.81 Å². The van der Waals surface area contributed by atoms with Crippen molar-refractivity contribution in [2.75, 3.05) is 6.54 Å². The molecule has 0 aliphatic carbocycles. The summed E-state index contributed by atoms with van der Waals surface area (Å²) in [5.74, 6) is 0.871. The first-order valence-electron chi connectivity index (χ1n) is 6.51. The number of aromatic nitrogens is 1. The lowest BCUT2D eigenvalue weighted by Crippen LogP contribution is -2.24. The van der Waals surface area contributed by atoms with Crippen molar-refractivity contribution in [2.24, 2.45) is 0 Å². The molecular formula is C15H19FN2O. The molecule has 102 valence electrons. The molecule has 1 heterocycles. The summed E-state index contributed by atoms with van der Waals surface area (Å²) in [5.41, 5.74) is 1.08. The zero-order chi connectivity index (χ0) is 13.8. The van der Waals surface area contributed by atoms with Crippen LogP contribution in [0.4, 0.5) is 4.39 Å². The number of aryl methyl sites for hydroxylation is 1. The Bertz CT molecular complexity index is 549. The van der Waals surface area contributed by atoms with E-state index in [0.29, 0.717) is 35.2 Å². The summed E-state index contributed by atoms with van der Waals surface area (Å²) in [5, 5.41) is 3.29. The highest BCUT2D eigenvalue weighted by molar-refractivity contribution is 5.58. The molecule has 0 amide bonds. The van der Waals surface area contributed by atoms with E-state index in [1.54, 1.807) is 25.3 Å². The zero-order valence-corrected chi connectivity index (χ0v) is 11.5. The Morgan fingerprint density at radius 1 is 1.37 bits per heavy atom. The van der Waals surface area contributed by atoms with Gasteiger partial charge in [-0.15, -0.1) is 0 Å². The highest BCUT2D eigenvalue weighted by atomic mass is 19.1. The zero-order valence-electron chi connectivity index (χ0n) is 11.5. The van der Waals surface area contributed by atoms with Gasteiger partial charge in [0.05, 0.1) is 11.8 Å². The molecule has 4 heteroatoms.